The van der Waals surface area contributed by atoms with Crippen LogP contribution in [0.4, 0.5) is 5.82 Å². The van der Waals surface area contributed by atoms with Gasteiger partial charge in [-0.3, -0.25) is 4.79 Å². The van der Waals surface area contributed by atoms with Crippen molar-refractivity contribution in [3.05, 3.63) is 44.7 Å². The number of H-pyrrole nitrogens is 1. The van der Waals surface area contributed by atoms with E-state index in [0.717, 1.165) is 21.5 Å². The SMILES string of the molecule is CCNC(C)c1cc(Br)ccc1Sc1nc(N)cc(=O)[nH]1. The molecule has 2 rings (SSSR count). The second kappa shape index (κ2) is 7.11. The van der Waals surface area contributed by atoms with Crippen molar-refractivity contribution in [1.82, 2.24) is 15.3 Å². The lowest BCUT2D eigenvalue weighted by Crippen LogP contribution is -2.18. The molecule has 21 heavy (non-hydrogen) atoms. The van der Waals surface area contributed by atoms with Crippen molar-refractivity contribution in [2.75, 3.05) is 12.3 Å². The summed E-state index contributed by atoms with van der Waals surface area (Å²) in [5, 5.41) is 3.88. The predicted molar refractivity (Wildman–Crippen MR) is 89.6 cm³/mol. The van der Waals surface area contributed by atoms with E-state index in [9.17, 15) is 4.79 Å². The van der Waals surface area contributed by atoms with E-state index in [4.69, 9.17) is 5.73 Å². The zero-order chi connectivity index (χ0) is 15.4. The van der Waals surface area contributed by atoms with Crippen LogP contribution in [0.15, 0.2) is 43.6 Å². The highest BCUT2D eigenvalue weighted by Gasteiger charge is 2.13. The molecule has 0 radical (unpaired) electrons. The fraction of sp³-hybridized carbons (Fsp3) is 0.286. The molecule has 0 aliphatic rings. The van der Waals surface area contributed by atoms with E-state index in [1.807, 2.05) is 12.1 Å². The van der Waals surface area contributed by atoms with Gasteiger partial charge in [-0.05, 0) is 37.2 Å². The minimum atomic E-state index is -0.247. The monoisotopic (exact) mass is 368 g/mol. The summed E-state index contributed by atoms with van der Waals surface area (Å²) in [6.45, 7) is 5.05. The van der Waals surface area contributed by atoms with E-state index in [2.05, 4.69) is 51.1 Å². The second-order valence-electron chi connectivity index (χ2n) is 4.54. The maximum absolute atomic E-state index is 11.5. The Morgan fingerprint density at radius 3 is 2.90 bits per heavy atom. The van der Waals surface area contributed by atoms with Crippen LogP contribution < -0.4 is 16.6 Å². The number of hydrogen-bond donors (Lipinski definition) is 3. The number of rotatable bonds is 5. The normalized spacial score (nSPS) is 12.3. The number of benzene rings is 1. The third-order valence-corrected chi connectivity index (χ3v) is 4.37. The molecule has 5 nitrogen and oxygen atoms in total. The van der Waals surface area contributed by atoms with Gasteiger partial charge in [0.25, 0.3) is 5.56 Å². The standard InChI is InChI=1S/C14H17BrN4OS/c1-3-17-8(2)10-6-9(15)4-5-11(10)21-14-18-12(16)7-13(20)19-14/h4-8,17H,3H2,1-2H3,(H3,16,18,19,20). The second-order valence-corrected chi connectivity index (χ2v) is 6.49. The van der Waals surface area contributed by atoms with Crippen LogP contribution in [-0.2, 0) is 0 Å². The van der Waals surface area contributed by atoms with Crippen LogP contribution in [-0.4, -0.2) is 16.5 Å². The average Bonchev–Trinajstić information content (AvgIpc) is 2.40. The number of aromatic amines is 1. The van der Waals surface area contributed by atoms with Gasteiger partial charge in [0.15, 0.2) is 5.16 Å². The fourth-order valence-corrected chi connectivity index (χ4v) is 3.35. The van der Waals surface area contributed by atoms with Crippen molar-refractivity contribution in [3.63, 3.8) is 0 Å². The summed E-state index contributed by atoms with van der Waals surface area (Å²) in [4.78, 5) is 19.3. The highest BCUT2D eigenvalue weighted by atomic mass is 79.9. The van der Waals surface area contributed by atoms with Crippen LogP contribution in [0, 0.1) is 0 Å². The Kier molecular flexibility index (Phi) is 5.44. The molecule has 0 fully saturated rings. The van der Waals surface area contributed by atoms with Gasteiger partial charge in [-0.1, -0.05) is 34.6 Å². The number of nitrogens with zero attached hydrogens (tertiary/aromatic N) is 1. The van der Waals surface area contributed by atoms with Gasteiger partial charge in [-0.25, -0.2) is 4.98 Å². The Morgan fingerprint density at radius 2 is 2.24 bits per heavy atom. The maximum Gasteiger partial charge on any atom is 0.253 e. The van der Waals surface area contributed by atoms with Crippen LogP contribution in [0.1, 0.15) is 25.5 Å². The zero-order valence-corrected chi connectivity index (χ0v) is 14.2. The molecule has 7 heteroatoms. The van der Waals surface area contributed by atoms with E-state index in [0.29, 0.717) is 5.16 Å². The summed E-state index contributed by atoms with van der Waals surface area (Å²) in [7, 11) is 0. The first kappa shape index (κ1) is 16.1. The fourth-order valence-electron chi connectivity index (χ4n) is 1.97. The average molecular weight is 369 g/mol. The summed E-state index contributed by atoms with van der Waals surface area (Å²) >= 11 is 4.89. The summed E-state index contributed by atoms with van der Waals surface area (Å²) in [5.74, 6) is 0.222. The molecule has 0 saturated heterocycles. The van der Waals surface area contributed by atoms with E-state index in [-0.39, 0.29) is 17.4 Å². The topological polar surface area (TPSA) is 83.8 Å². The van der Waals surface area contributed by atoms with Crippen LogP contribution in [0.5, 0.6) is 0 Å². The molecule has 2 aromatic rings. The molecule has 1 atom stereocenters. The molecular formula is C14H17BrN4OS. The zero-order valence-electron chi connectivity index (χ0n) is 11.8. The Morgan fingerprint density at radius 1 is 1.48 bits per heavy atom. The van der Waals surface area contributed by atoms with Gasteiger partial charge in [0.1, 0.15) is 5.82 Å². The van der Waals surface area contributed by atoms with Crippen molar-refractivity contribution in [2.24, 2.45) is 0 Å². The summed E-state index contributed by atoms with van der Waals surface area (Å²) < 4.78 is 1.01. The Labute approximate surface area is 135 Å². The van der Waals surface area contributed by atoms with Gasteiger partial charge in [-0.15, -0.1) is 0 Å². The molecule has 1 unspecified atom stereocenters. The van der Waals surface area contributed by atoms with Gasteiger partial charge < -0.3 is 16.0 Å². The van der Waals surface area contributed by atoms with Crippen molar-refractivity contribution in [2.45, 2.75) is 29.9 Å². The number of hydrogen-bond acceptors (Lipinski definition) is 5. The first-order chi connectivity index (χ1) is 9.99. The third kappa shape index (κ3) is 4.33. The van der Waals surface area contributed by atoms with Crippen molar-refractivity contribution < 1.29 is 0 Å². The lowest BCUT2D eigenvalue weighted by Gasteiger charge is -2.17. The number of halogens is 1. The number of anilines is 1. The molecule has 1 aromatic carbocycles. The summed E-state index contributed by atoms with van der Waals surface area (Å²) in [5.41, 5.74) is 6.51. The summed E-state index contributed by atoms with van der Waals surface area (Å²) in [6.07, 6.45) is 0. The number of nitrogens with two attached hydrogens (primary N) is 1. The van der Waals surface area contributed by atoms with Crippen LogP contribution in [0.3, 0.4) is 0 Å². The molecule has 1 heterocycles. The molecule has 0 aliphatic carbocycles. The van der Waals surface area contributed by atoms with Crippen LogP contribution in [0.25, 0.3) is 0 Å². The van der Waals surface area contributed by atoms with Crippen LogP contribution in [0.2, 0.25) is 0 Å². The molecule has 0 spiro atoms. The molecular weight excluding hydrogens is 352 g/mol. The van der Waals surface area contributed by atoms with Crippen LogP contribution >= 0.6 is 27.7 Å². The van der Waals surface area contributed by atoms with Gasteiger partial charge in [0.05, 0.1) is 0 Å². The van der Waals surface area contributed by atoms with Gasteiger partial charge in [-0.2, -0.15) is 0 Å². The highest BCUT2D eigenvalue weighted by Crippen LogP contribution is 2.33. The van der Waals surface area contributed by atoms with Crippen molar-refractivity contribution in [3.8, 4) is 0 Å². The first-order valence-electron chi connectivity index (χ1n) is 6.57. The van der Waals surface area contributed by atoms with Crippen molar-refractivity contribution in [1.29, 1.82) is 0 Å². The number of nitrogens with one attached hydrogen (secondary N) is 2. The molecule has 0 bridgehead atoms. The molecule has 0 amide bonds. The lowest BCUT2D eigenvalue weighted by atomic mass is 10.1. The highest BCUT2D eigenvalue weighted by molar-refractivity contribution is 9.10. The van der Waals surface area contributed by atoms with E-state index < -0.39 is 0 Å². The van der Waals surface area contributed by atoms with Gasteiger partial charge in [0.2, 0.25) is 0 Å². The lowest BCUT2D eigenvalue weighted by molar-refractivity contribution is 0.589. The van der Waals surface area contributed by atoms with Crippen molar-refractivity contribution >= 4 is 33.5 Å². The first-order valence-corrected chi connectivity index (χ1v) is 8.18. The Hall–Kier alpha value is -1.31. The predicted octanol–water partition coefficient (Wildman–Crippen LogP) is 2.94. The Bertz CT molecular complexity index is 689. The Balaban J connectivity index is 2.36. The molecule has 0 aliphatic heterocycles. The minimum Gasteiger partial charge on any atom is -0.383 e. The van der Waals surface area contributed by atoms with Gasteiger partial charge >= 0.3 is 0 Å². The summed E-state index contributed by atoms with van der Waals surface area (Å²) in [6, 6.07) is 7.51. The molecule has 1 aromatic heterocycles. The number of nitrogen functional groups attached to an aromatic ring is 1. The molecule has 112 valence electrons. The quantitative estimate of drug-likeness (QED) is 0.706. The van der Waals surface area contributed by atoms with E-state index >= 15 is 0 Å². The minimum absolute atomic E-state index is 0.197. The number of aromatic nitrogens is 2. The third-order valence-electron chi connectivity index (χ3n) is 2.90. The van der Waals surface area contributed by atoms with E-state index in [1.54, 1.807) is 0 Å². The smallest absolute Gasteiger partial charge is 0.253 e. The van der Waals surface area contributed by atoms with E-state index in [1.165, 1.54) is 17.8 Å². The van der Waals surface area contributed by atoms with Gasteiger partial charge in [0, 0.05) is 21.5 Å². The molecule has 0 saturated carbocycles. The maximum atomic E-state index is 11.5. The molecule has 4 N–H and O–H groups in total. The largest absolute Gasteiger partial charge is 0.383 e.